The first-order chi connectivity index (χ1) is 12.4. The first kappa shape index (κ1) is 20.2. The van der Waals surface area contributed by atoms with Crippen LogP contribution in [0.5, 0.6) is 0 Å². The van der Waals surface area contributed by atoms with Crippen molar-refractivity contribution in [2.45, 2.75) is 32.0 Å². The fraction of sp³-hybridized carbons (Fsp3) is 0.375. The third-order valence-corrected chi connectivity index (χ3v) is 3.80. The number of amides is 5. The normalized spacial score (nSPS) is 16.1. The van der Waals surface area contributed by atoms with E-state index in [2.05, 4.69) is 10.7 Å². The highest BCUT2D eigenvalue weighted by Gasteiger charge is 2.44. The number of rotatable bonds is 4. The van der Waals surface area contributed by atoms with Crippen LogP contribution in [-0.2, 0) is 15.8 Å². The van der Waals surface area contributed by atoms with Gasteiger partial charge in [0.1, 0.15) is 5.54 Å². The number of imide groups is 1. The molecular weight excluding hydrogens is 369 g/mol. The van der Waals surface area contributed by atoms with Crippen LogP contribution in [0.3, 0.4) is 0 Å². The molecule has 1 aromatic carbocycles. The summed E-state index contributed by atoms with van der Waals surface area (Å²) in [6.45, 7) is 2.87. The molecule has 1 saturated heterocycles. The highest BCUT2D eigenvalue weighted by Crippen LogP contribution is 2.29. The lowest BCUT2D eigenvalue weighted by Gasteiger charge is -2.15. The summed E-state index contributed by atoms with van der Waals surface area (Å²) in [6, 6.07) is 2.82. The summed E-state index contributed by atoms with van der Waals surface area (Å²) in [5.74, 6) is -1.97. The van der Waals surface area contributed by atoms with Crippen LogP contribution in [0.15, 0.2) is 24.3 Å². The molecule has 0 aromatic heterocycles. The van der Waals surface area contributed by atoms with Gasteiger partial charge in [0.15, 0.2) is 0 Å². The van der Waals surface area contributed by atoms with Crippen LogP contribution in [0.2, 0.25) is 0 Å². The van der Waals surface area contributed by atoms with Gasteiger partial charge in [0.2, 0.25) is 5.91 Å². The van der Waals surface area contributed by atoms with Gasteiger partial charge in [-0.25, -0.2) is 4.79 Å². The van der Waals surface area contributed by atoms with E-state index in [0.717, 1.165) is 29.2 Å². The van der Waals surface area contributed by atoms with Gasteiger partial charge in [-0.15, -0.1) is 0 Å². The zero-order chi connectivity index (χ0) is 20.4. The number of hydrazine groups is 1. The van der Waals surface area contributed by atoms with Gasteiger partial charge in [0.25, 0.3) is 11.8 Å². The Balaban J connectivity index is 1.82. The minimum absolute atomic E-state index is 0.0841. The number of carbonyl (C=O) groups excluding carboxylic acids is 4. The molecule has 11 heteroatoms. The van der Waals surface area contributed by atoms with E-state index >= 15 is 0 Å². The van der Waals surface area contributed by atoms with Gasteiger partial charge in [-0.05, 0) is 38.1 Å². The maximum absolute atomic E-state index is 12.5. The highest BCUT2D eigenvalue weighted by molar-refractivity contribution is 6.06. The van der Waals surface area contributed by atoms with E-state index in [1.807, 2.05) is 5.43 Å². The maximum atomic E-state index is 12.5. The number of urea groups is 1. The summed E-state index contributed by atoms with van der Waals surface area (Å²) in [4.78, 5) is 48.1. The molecule has 0 aliphatic carbocycles. The number of nitrogens with zero attached hydrogens (tertiary/aromatic N) is 1. The molecule has 8 nitrogen and oxygen atoms in total. The Hall–Kier alpha value is -3.11. The van der Waals surface area contributed by atoms with Crippen molar-refractivity contribution in [3.8, 4) is 0 Å². The zero-order valence-corrected chi connectivity index (χ0v) is 14.4. The van der Waals surface area contributed by atoms with Crippen molar-refractivity contribution in [1.82, 2.24) is 21.1 Å². The Labute approximate surface area is 152 Å². The molecule has 0 saturated carbocycles. The van der Waals surface area contributed by atoms with Crippen molar-refractivity contribution in [3.05, 3.63) is 35.4 Å². The van der Waals surface area contributed by atoms with E-state index in [1.165, 1.54) is 13.8 Å². The average Bonchev–Trinajstić information content (AvgIpc) is 2.77. The van der Waals surface area contributed by atoms with Crippen LogP contribution in [0, 0.1) is 0 Å². The van der Waals surface area contributed by atoms with E-state index in [9.17, 15) is 32.3 Å². The van der Waals surface area contributed by atoms with E-state index in [0.29, 0.717) is 0 Å². The van der Waals surface area contributed by atoms with Gasteiger partial charge in [0, 0.05) is 18.5 Å². The number of benzene rings is 1. The molecule has 146 valence electrons. The summed E-state index contributed by atoms with van der Waals surface area (Å²) in [5, 5.41) is 2.46. The predicted octanol–water partition coefficient (Wildman–Crippen LogP) is 1.19. The quantitative estimate of drug-likeness (QED) is 0.534. The van der Waals surface area contributed by atoms with Crippen molar-refractivity contribution < 1.29 is 32.3 Å². The summed E-state index contributed by atoms with van der Waals surface area (Å²) in [7, 11) is 0. The van der Waals surface area contributed by atoms with Crippen molar-refractivity contribution in [2.75, 3.05) is 6.54 Å². The van der Waals surface area contributed by atoms with Crippen LogP contribution in [-0.4, -0.2) is 40.7 Å². The summed E-state index contributed by atoms with van der Waals surface area (Å²) < 4.78 is 37.4. The number of hydrogen-bond acceptors (Lipinski definition) is 4. The van der Waals surface area contributed by atoms with Crippen LogP contribution in [0.25, 0.3) is 0 Å². The fourth-order valence-electron chi connectivity index (χ4n) is 2.31. The lowest BCUT2D eigenvalue weighted by Crippen LogP contribution is -2.44. The Morgan fingerprint density at radius 1 is 1.11 bits per heavy atom. The maximum Gasteiger partial charge on any atom is 0.416 e. The second kappa shape index (κ2) is 7.25. The molecular formula is C16H17F3N4O4. The smallest absolute Gasteiger partial charge is 0.324 e. The van der Waals surface area contributed by atoms with E-state index < -0.39 is 41.0 Å². The van der Waals surface area contributed by atoms with Crippen molar-refractivity contribution >= 4 is 23.8 Å². The topological polar surface area (TPSA) is 108 Å². The Morgan fingerprint density at radius 2 is 1.70 bits per heavy atom. The molecule has 1 aromatic rings. The van der Waals surface area contributed by atoms with Crippen LogP contribution in [0.1, 0.15) is 36.2 Å². The van der Waals surface area contributed by atoms with Crippen LogP contribution < -0.4 is 16.2 Å². The first-order valence-corrected chi connectivity index (χ1v) is 7.82. The Kier molecular flexibility index (Phi) is 5.43. The van der Waals surface area contributed by atoms with Crippen molar-refractivity contribution in [2.24, 2.45) is 0 Å². The van der Waals surface area contributed by atoms with E-state index in [4.69, 9.17) is 0 Å². The third kappa shape index (κ3) is 4.74. The minimum atomic E-state index is -4.52. The highest BCUT2D eigenvalue weighted by atomic mass is 19.4. The summed E-state index contributed by atoms with van der Waals surface area (Å²) in [6.07, 6.45) is -4.78. The number of alkyl halides is 3. The number of nitrogens with one attached hydrogen (secondary N) is 3. The number of halogens is 3. The molecule has 2 rings (SSSR count). The van der Waals surface area contributed by atoms with E-state index in [-0.39, 0.29) is 18.5 Å². The fourth-order valence-corrected chi connectivity index (χ4v) is 2.31. The predicted molar refractivity (Wildman–Crippen MR) is 86.0 cm³/mol. The number of hydrogen-bond donors (Lipinski definition) is 3. The van der Waals surface area contributed by atoms with Gasteiger partial charge in [-0.3, -0.25) is 30.1 Å². The molecule has 1 aliphatic rings. The Bertz CT molecular complexity index is 775. The van der Waals surface area contributed by atoms with Gasteiger partial charge >= 0.3 is 12.2 Å². The molecule has 0 unspecified atom stereocenters. The molecule has 1 fully saturated rings. The van der Waals surface area contributed by atoms with E-state index in [1.54, 1.807) is 0 Å². The largest absolute Gasteiger partial charge is 0.416 e. The SMILES string of the molecule is CC1(C)NC(=O)N(CCC(=O)NNC(=O)c2ccc(C(F)(F)F)cc2)C1=O. The third-order valence-electron chi connectivity index (χ3n) is 3.80. The second-order valence-corrected chi connectivity index (χ2v) is 6.34. The molecule has 5 amide bonds. The number of carbonyl (C=O) groups is 4. The van der Waals surface area contributed by atoms with Gasteiger partial charge in [-0.2, -0.15) is 13.2 Å². The first-order valence-electron chi connectivity index (χ1n) is 7.82. The second-order valence-electron chi connectivity index (χ2n) is 6.34. The molecule has 0 bridgehead atoms. The summed E-state index contributed by atoms with van der Waals surface area (Å²) >= 11 is 0. The van der Waals surface area contributed by atoms with Gasteiger partial charge in [-0.1, -0.05) is 0 Å². The van der Waals surface area contributed by atoms with Crippen molar-refractivity contribution in [3.63, 3.8) is 0 Å². The van der Waals surface area contributed by atoms with Gasteiger partial charge in [0.05, 0.1) is 5.56 Å². The average molecular weight is 386 g/mol. The van der Waals surface area contributed by atoms with Crippen molar-refractivity contribution in [1.29, 1.82) is 0 Å². The lowest BCUT2D eigenvalue weighted by atomic mass is 10.1. The Morgan fingerprint density at radius 3 is 2.19 bits per heavy atom. The molecule has 0 atom stereocenters. The zero-order valence-electron chi connectivity index (χ0n) is 14.4. The molecule has 0 radical (unpaired) electrons. The summed E-state index contributed by atoms with van der Waals surface area (Å²) in [5.41, 5.74) is 2.08. The molecule has 0 spiro atoms. The standard InChI is InChI=1S/C16H17F3N4O4/c1-15(2)13(26)23(14(27)20-15)8-7-11(24)21-22-12(25)9-3-5-10(6-4-9)16(17,18)19/h3-6H,7-8H2,1-2H3,(H,20,27)(H,21,24)(H,22,25). The van der Waals surface area contributed by atoms with Gasteiger partial charge < -0.3 is 5.32 Å². The molecule has 1 heterocycles. The monoisotopic (exact) mass is 386 g/mol. The minimum Gasteiger partial charge on any atom is -0.324 e. The van der Waals surface area contributed by atoms with Crippen LogP contribution in [0.4, 0.5) is 18.0 Å². The molecule has 1 aliphatic heterocycles. The van der Waals surface area contributed by atoms with Crippen LogP contribution >= 0.6 is 0 Å². The molecule has 27 heavy (non-hydrogen) atoms. The lowest BCUT2D eigenvalue weighted by molar-refractivity contribution is -0.137. The molecule has 3 N–H and O–H groups in total.